The van der Waals surface area contributed by atoms with Crippen LogP contribution in [-0.4, -0.2) is 47.3 Å². The van der Waals surface area contributed by atoms with Crippen molar-refractivity contribution in [1.82, 2.24) is 30.1 Å². The summed E-state index contributed by atoms with van der Waals surface area (Å²) in [5.74, 6) is 1.81. The maximum Gasteiger partial charge on any atom is 0.278 e. The van der Waals surface area contributed by atoms with E-state index in [-0.39, 0.29) is 11.4 Å². The van der Waals surface area contributed by atoms with E-state index >= 15 is 0 Å². The molecule has 34 heavy (non-hydrogen) atoms. The molecule has 0 unspecified atom stereocenters. The number of nitrogens with zero attached hydrogens (tertiary/aromatic N) is 6. The second-order valence-corrected chi connectivity index (χ2v) is 9.22. The summed E-state index contributed by atoms with van der Waals surface area (Å²) >= 11 is 0. The van der Waals surface area contributed by atoms with E-state index in [9.17, 15) is 5.11 Å². The second-order valence-electron chi connectivity index (χ2n) is 9.22. The molecule has 5 rings (SSSR count). The Morgan fingerprint density at radius 3 is 2.32 bits per heavy atom. The summed E-state index contributed by atoms with van der Waals surface area (Å²) < 4.78 is 5.56. The van der Waals surface area contributed by atoms with Gasteiger partial charge in [-0.3, -0.25) is 0 Å². The molecule has 1 saturated carbocycles. The minimum Gasteiger partial charge on any atom is -0.389 e. The van der Waals surface area contributed by atoms with Crippen LogP contribution in [0.5, 0.6) is 0 Å². The molecular weight excluding hydrogens is 432 g/mol. The molecule has 0 spiro atoms. The smallest absolute Gasteiger partial charge is 0.278 e. The van der Waals surface area contributed by atoms with Crippen LogP contribution < -0.4 is 11.1 Å². The van der Waals surface area contributed by atoms with E-state index in [4.69, 9.17) is 10.3 Å². The zero-order chi connectivity index (χ0) is 23.8. The van der Waals surface area contributed by atoms with Crippen LogP contribution in [0.2, 0.25) is 0 Å². The van der Waals surface area contributed by atoms with Crippen molar-refractivity contribution < 1.29 is 9.63 Å². The van der Waals surface area contributed by atoms with Gasteiger partial charge in [-0.05, 0) is 37.8 Å². The van der Waals surface area contributed by atoms with Crippen molar-refractivity contribution in [2.24, 2.45) is 0 Å². The Balaban J connectivity index is 1.35. The maximum atomic E-state index is 9.84. The van der Waals surface area contributed by atoms with Gasteiger partial charge in [-0.2, -0.15) is 4.98 Å². The summed E-state index contributed by atoms with van der Waals surface area (Å²) in [4.78, 5) is 21.5. The van der Waals surface area contributed by atoms with Gasteiger partial charge in [0.2, 0.25) is 5.95 Å². The van der Waals surface area contributed by atoms with E-state index in [1.54, 1.807) is 38.6 Å². The van der Waals surface area contributed by atoms with E-state index in [0.717, 1.165) is 36.0 Å². The number of nitrogens with two attached hydrogens (primary N) is 1. The molecule has 0 saturated heterocycles. The van der Waals surface area contributed by atoms with Gasteiger partial charge in [-0.25, -0.2) is 19.9 Å². The van der Waals surface area contributed by atoms with Crippen LogP contribution in [0, 0.1) is 0 Å². The van der Waals surface area contributed by atoms with Crippen molar-refractivity contribution in [3.05, 3.63) is 60.4 Å². The van der Waals surface area contributed by atoms with Crippen LogP contribution in [0.25, 0.3) is 22.7 Å². The average Bonchev–Trinajstić information content (AvgIpc) is 3.28. The van der Waals surface area contributed by atoms with Gasteiger partial charge in [-0.1, -0.05) is 35.8 Å². The molecule has 1 aromatic carbocycles. The highest BCUT2D eigenvalue weighted by atomic mass is 16.5. The van der Waals surface area contributed by atoms with Crippen molar-refractivity contribution in [2.75, 3.05) is 17.6 Å². The highest BCUT2D eigenvalue weighted by molar-refractivity contribution is 5.63. The van der Waals surface area contributed by atoms with Gasteiger partial charge in [0.05, 0.1) is 23.4 Å². The van der Waals surface area contributed by atoms with Gasteiger partial charge in [0, 0.05) is 24.5 Å². The topological polar surface area (TPSA) is 149 Å². The van der Waals surface area contributed by atoms with Crippen molar-refractivity contribution in [3.8, 4) is 22.7 Å². The van der Waals surface area contributed by atoms with Gasteiger partial charge in [0.15, 0.2) is 5.82 Å². The molecule has 174 valence electrons. The number of benzene rings is 1. The van der Waals surface area contributed by atoms with Gasteiger partial charge in [0.25, 0.3) is 5.89 Å². The predicted molar refractivity (Wildman–Crippen MR) is 127 cm³/mol. The number of nitrogen functional groups attached to an aromatic ring is 1. The Labute approximate surface area is 196 Å². The first-order chi connectivity index (χ1) is 16.3. The molecule has 1 fully saturated rings. The summed E-state index contributed by atoms with van der Waals surface area (Å²) in [5.41, 5.74) is 8.03. The van der Waals surface area contributed by atoms with E-state index in [2.05, 4.69) is 59.7 Å². The average molecular weight is 459 g/mol. The molecule has 0 atom stereocenters. The quantitative estimate of drug-likeness (QED) is 0.377. The lowest BCUT2D eigenvalue weighted by molar-refractivity contribution is 0.0944. The molecule has 0 radical (unpaired) electrons. The fourth-order valence-electron chi connectivity index (χ4n) is 4.00. The molecule has 0 amide bonds. The van der Waals surface area contributed by atoms with Crippen LogP contribution in [0.15, 0.2) is 53.6 Å². The number of anilines is 2. The largest absolute Gasteiger partial charge is 0.389 e. The standard InChI is InChI=1S/C24H26N8O2/c1-23(2,33)14-30-19-13-26-18(12-27-19)20-31-21(32-34-20)24(8-3-9-24)17-6-4-15(5-7-17)16-10-28-22(25)29-11-16/h4-7,10-13,33H,3,8-9,14H2,1-2H3,(H,27,30)(H2,25,28,29). The van der Waals surface area contributed by atoms with E-state index in [1.165, 1.54) is 0 Å². The summed E-state index contributed by atoms with van der Waals surface area (Å²) in [6.07, 6.45) is 9.59. The Kier molecular flexibility index (Phi) is 5.45. The number of aliphatic hydroxyl groups is 1. The third-order valence-electron chi connectivity index (χ3n) is 6.08. The third-order valence-corrected chi connectivity index (χ3v) is 6.08. The highest BCUT2D eigenvalue weighted by Crippen LogP contribution is 2.48. The molecule has 1 aliphatic carbocycles. The fraction of sp³-hybridized carbons (Fsp3) is 0.333. The first-order valence-corrected chi connectivity index (χ1v) is 11.1. The van der Waals surface area contributed by atoms with Gasteiger partial charge in [-0.15, -0.1) is 0 Å². The first-order valence-electron chi connectivity index (χ1n) is 11.1. The Morgan fingerprint density at radius 1 is 1.00 bits per heavy atom. The molecule has 0 aliphatic heterocycles. The SMILES string of the molecule is CC(C)(O)CNc1cnc(-c2nc(C3(c4ccc(-c5cnc(N)nc5)cc4)CCC3)no2)cn1. The Morgan fingerprint density at radius 2 is 1.74 bits per heavy atom. The lowest BCUT2D eigenvalue weighted by Crippen LogP contribution is -2.36. The fourth-order valence-corrected chi connectivity index (χ4v) is 4.00. The van der Waals surface area contributed by atoms with Crippen LogP contribution >= 0.6 is 0 Å². The van der Waals surface area contributed by atoms with Crippen molar-refractivity contribution in [1.29, 1.82) is 0 Å². The molecule has 10 nitrogen and oxygen atoms in total. The summed E-state index contributed by atoms with van der Waals surface area (Å²) in [6.45, 7) is 3.80. The zero-order valence-corrected chi connectivity index (χ0v) is 19.1. The minimum absolute atomic E-state index is 0.256. The van der Waals surface area contributed by atoms with Gasteiger partial charge < -0.3 is 20.7 Å². The molecule has 4 aromatic rings. The van der Waals surface area contributed by atoms with Crippen molar-refractivity contribution in [2.45, 2.75) is 44.1 Å². The summed E-state index contributed by atoms with van der Waals surface area (Å²) in [6, 6.07) is 8.31. The second kappa shape index (κ2) is 8.45. The van der Waals surface area contributed by atoms with Crippen molar-refractivity contribution in [3.63, 3.8) is 0 Å². The Bertz CT molecular complexity index is 1260. The van der Waals surface area contributed by atoms with Crippen LogP contribution in [0.3, 0.4) is 0 Å². The first kappa shape index (κ1) is 21.9. The number of hydrogen-bond donors (Lipinski definition) is 3. The van der Waals surface area contributed by atoms with E-state index < -0.39 is 5.60 Å². The summed E-state index contributed by atoms with van der Waals surface area (Å²) in [5, 5.41) is 17.2. The normalized spacial score (nSPS) is 15.0. The molecule has 1 aliphatic rings. The Hall–Kier alpha value is -3.92. The molecule has 10 heteroatoms. The number of nitrogens with one attached hydrogen (secondary N) is 1. The highest BCUT2D eigenvalue weighted by Gasteiger charge is 2.44. The van der Waals surface area contributed by atoms with Crippen LogP contribution in [0.1, 0.15) is 44.5 Å². The maximum absolute atomic E-state index is 9.84. The molecule has 3 heterocycles. The molecule has 0 bridgehead atoms. The zero-order valence-electron chi connectivity index (χ0n) is 19.1. The predicted octanol–water partition coefficient (Wildman–Crippen LogP) is 3.22. The number of aromatic nitrogens is 6. The molecule has 3 aromatic heterocycles. The van der Waals surface area contributed by atoms with E-state index in [0.29, 0.717) is 29.8 Å². The van der Waals surface area contributed by atoms with Crippen LogP contribution in [0.4, 0.5) is 11.8 Å². The number of rotatable bonds is 7. The summed E-state index contributed by atoms with van der Waals surface area (Å²) in [7, 11) is 0. The number of hydrogen-bond acceptors (Lipinski definition) is 10. The molecule has 4 N–H and O–H groups in total. The molecular formula is C24H26N8O2. The van der Waals surface area contributed by atoms with Gasteiger partial charge in [0.1, 0.15) is 11.5 Å². The lowest BCUT2D eigenvalue weighted by atomic mass is 9.64. The monoisotopic (exact) mass is 458 g/mol. The van der Waals surface area contributed by atoms with E-state index in [1.807, 2.05) is 0 Å². The van der Waals surface area contributed by atoms with Gasteiger partial charge >= 0.3 is 0 Å². The lowest BCUT2D eigenvalue weighted by Gasteiger charge is -2.39. The van der Waals surface area contributed by atoms with Crippen LogP contribution in [-0.2, 0) is 5.41 Å². The third kappa shape index (κ3) is 4.32. The minimum atomic E-state index is -0.847. The van der Waals surface area contributed by atoms with Crippen molar-refractivity contribution >= 4 is 11.8 Å².